The molecule has 3 nitrogen and oxygen atoms in total. The Bertz CT molecular complexity index is 570. The highest BCUT2D eigenvalue weighted by Crippen LogP contribution is 2.29. The normalized spacial score (nSPS) is 10.4. The number of nitrogens with one attached hydrogen (secondary N) is 1. The Morgan fingerprint density at radius 1 is 1.00 bits per heavy atom. The van der Waals surface area contributed by atoms with Gasteiger partial charge < -0.3 is 14.8 Å². The molecule has 0 spiro atoms. The van der Waals surface area contributed by atoms with Gasteiger partial charge in [0.15, 0.2) is 0 Å². The van der Waals surface area contributed by atoms with Crippen molar-refractivity contribution < 1.29 is 9.47 Å². The molecule has 0 unspecified atom stereocenters. The van der Waals surface area contributed by atoms with E-state index in [1.807, 2.05) is 43.3 Å². The van der Waals surface area contributed by atoms with E-state index in [0.717, 1.165) is 40.4 Å². The fourth-order valence-electron chi connectivity index (χ4n) is 1.94. The third kappa shape index (κ3) is 4.76. The summed E-state index contributed by atoms with van der Waals surface area (Å²) in [6.45, 7) is 6.43. The highest BCUT2D eigenvalue weighted by molar-refractivity contribution is 9.10. The summed E-state index contributed by atoms with van der Waals surface area (Å²) in [5.74, 6) is 2.52. The highest BCUT2D eigenvalue weighted by atomic mass is 79.9. The lowest BCUT2D eigenvalue weighted by molar-refractivity contribution is 0.339. The van der Waals surface area contributed by atoms with E-state index < -0.39 is 0 Å². The number of hydrogen-bond acceptors (Lipinski definition) is 3. The number of ether oxygens (including phenoxy) is 2. The zero-order valence-electron chi connectivity index (χ0n) is 12.4. The Balaban J connectivity index is 2.14. The first-order chi connectivity index (χ1) is 10.2. The predicted octanol–water partition coefficient (Wildman–Crippen LogP) is 4.75. The molecule has 2 aromatic carbocycles. The van der Waals surface area contributed by atoms with Gasteiger partial charge in [-0.3, -0.25) is 0 Å². The van der Waals surface area contributed by atoms with Crippen LogP contribution in [-0.2, 0) is 6.54 Å². The van der Waals surface area contributed by atoms with Gasteiger partial charge in [0.05, 0.1) is 6.61 Å². The van der Waals surface area contributed by atoms with Crippen LogP contribution in [0, 0.1) is 0 Å². The molecular weight excluding hydrogens is 330 g/mol. The molecule has 2 rings (SSSR count). The lowest BCUT2D eigenvalue weighted by atomic mass is 10.2. The van der Waals surface area contributed by atoms with Crippen molar-refractivity contribution in [2.75, 3.05) is 13.2 Å². The molecule has 0 aromatic heterocycles. The molecule has 21 heavy (non-hydrogen) atoms. The van der Waals surface area contributed by atoms with Crippen LogP contribution >= 0.6 is 15.9 Å². The van der Waals surface area contributed by atoms with Crippen molar-refractivity contribution in [2.24, 2.45) is 0 Å². The van der Waals surface area contributed by atoms with E-state index in [1.165, 1.54) is 0 Å². The van der Waals surface area contributed by atoms with Crippen LogP contribution in [0.15, 0.2) is 46.9 Å². The van der Waals surface area contributed by atoms with Gasteiger partial charge in [-0.15, -0.1) is 0 Å². The molecule has 0 saturated carbocycles. The maximum Gasteiger partial charge on any atom is 0.131 e. The number of rotatable bonds is 7. The van der Waals surface area contributed by atoms with Gasteiger partial charge in [0.1, 0.15) is 17.2 Å². The summed E-state index contributed by atoms with van der Waals surface area (Å²) in [5, 5.41) is 3.32. The van der Waals surface area contributed by atoms with Crippen LogP contribution in [0.5, 0.6) is 17.2 Å². The molecule has 0 bridgehead atoms. The van der Waals surface area contributed by atoms with Crippen molar-refractivity contribution in [2.45, 2.75) is 20.4 Å². The number of hydrogen-bond donors (Lipinski definition) is 1. The summed E-state index contributed by atoms with van der Waals surface area (Å²) in [7, 11) is 0. The van der Waals surface area contributed by atoms with Gasteiger partial charge in [-0.05, 0) is 55.9 Å². The molecule has 112 valence electrons. The Hall–Kier alpha value is -1.52. The molecule has 0 aliphatic heterocycles. The van der Waals surface area contributed by atoms with Gasteiger partial charge in [-0.25, -0.2) is 0 Å². The van der Waals surface area contributed by atoms with E-state index in [9.17, 15) is 0 Å². The fraction of sp³-hybridized carbons (Fsp3) is 0.294. The molecule has 0 radical (unpaired) electrons. The Labute approximate surface area is 134 Å². The second kappa shape index (κ2) is 8.05. The molecule has 0 heterocycles. The van der Waals surface area contributed by atoms with E-state index in [0.29, 0.717) is 6.61 Å². The van der Waals surface area contributed by atoms with E-state index >= 15 is 0 Å². The third-order valence-electron chi connectivity index (χ3n) is 2.95. The van der Waals surface area contributed by atoms with E-state index in [2.05, 4.69) is 34.2 Å². The summed E-state index contributed by atoms with van der Waals surface area (Å²) >= 11 is 3.50. The second-order valence-corrected chi connectivity index (χ2v) is 5.45. The average Bonchev–Trinajstić information content (AvgIpc) is 2.49. The molecule has 4 heteroatoms. The molecular formula is C17H20BrNO2. The molecule has 0 aliphatic rings. The maximum atomic E-state index is 5.98. The monoisotopic (exact) mass is 349 g/mol. The van der Waals surface area contributed by atoms with Crippen LogP contribution in [0.4, 0.5) is 0 Å². The number of halogens is 1. The van der Waals surface area contributed by atoms with Crippen LogP contribution in [-0.4, -0.2) is 13.2 Å². The molecule has 0 aliphatic carbocycles. The Kier molecular flexibility index (Phi) is 6.08. The Morgan fingerprint density at radius 3 is 2.38 bits per heavy atom. The highest BCUT2D eigenvalue weighted by Gasteiger charge is 2.06. The first-order valence-electron chi connectivity index (χ1n) is 7.12. The predicted molar refractivity (Wildman–Crippen MR) is 89.2 cm³/mol. The minimum Gasteiger partial charge on any atom is -0.494 e. The van der Waals surface area contributed by atoms with Crippen LogP contribution in [0.25, 0.3) is 0 Å². The smallest absolute Gasteiger partial charge is 0.131 e. The summed E-state index contributed by atoms with van der Waals surface area (Å²) in [4.78, 5) is 0. The first kappa shape index (κ1) is 15.9. The summed E-state index contributed by atoms with van der Waals surface area (Å²) in [6.07, 6.45) is 0. The van der Waals surface area contributed by atoms with Gasteiger partial charge in [-0.2, -0.15) is 0 Å². The number of benzene rings is 2. The quantitative estimate of drug-likeness (QED) is 0.782. The van der Waals surface area contributed by atoms with Crippen molar-refractivity contribution >= 4 is 15.9 Å². The standard InChI is InChI=1S/C17H20BrNO2/c1-3-19-12-13-11-14(18)5-10-17(13)21-16-8-6-15(7-9-16)20-4-2/h5-11,19H,3-4,12H2,1-2H3. The molecule has 0 atom stereocenters. The van der Waals surface area contributed by atoms with E-state index in [1.54, 1.807) is 0 Å². The van der Waals surface area contributed by atoms with Crippen LogP contribution in [0.1, 0.15) is 19.4 Å². The average molecular weight is 350 g/mol. The molecule has 1 N–H and O–H groups in total. The van der Waals surface area contributed by atoms with Gasteiger partial charge in [0, 0.05) is 16.6 Å². The van der Waals surface area contributed by atoms with Crippen molar-refractivity contribution in [1.82, 2.24) is 5.32 Å². The molecule has 0 saturated heterocycles. The van der Waals surface area contributed by atoms with Gasteiger partial charge in [0.2, 0.25) is 0 Å². The van der Waals surface area contributed by atoms with E-state index in [-0.39, 0.29) is 0 Å². The molecule has 0 amide bonds. The lowest BCUT2D eigenvalue weighted by Crippen LogP contribution is -2.12. The first-order valence-corrected chi connectivity index (χ1v) is 7.92. The minimum atomic E-state index is 0.666. The van der Waals surface area contributed by atoms with Crippen molar-refractivity contribution in [3.05, 3.63) is 52.5 Å². The van der Waals surface area contributed by atoms with Crippen molar-refractivity contribution in [3.63, 3.8) is 0 Å². The summed E-state index contributed by atoms with van der Waals surface area (Å²) < 4.78 is 12.5. The minimum absolute atomic E-state index is 0.666. The van der Waals surface area contributed by atoms with Crippen molar-refractivity contribution in [3.8, 4) is 17.2 Å². The third-order valence-corrected chi connectivity index (χ3v) is 3.44. The lowest BCUT2D eigenvalue weighted by Gasteiger charge is -2.12. The van der Waals surface area contributed by atoms with Gasteiger partial charge in [0.25, 0.3) is 0 Å². The fourth-order valence-corrected chi connectivity index (χ4v) is 2.35. The van der Waals surface area contributed by atoms with Crippen LogP contribution < -0.4 is 14.8 Å². The molecule has 0 fully saturated rings. The van der Waals surface area contributed by atoms with Crippen LogP contribution in [0.2, 0.25) is 0 Å². The zero-order valence-corrected chi connectivity index (χ0v) is 13.9. The molecule has 2 aromatic rings. The van der Waals surface area contributed by atoms with Crippen LogP contribution in [0.3, 0.4) is 0 Å². The zero-order chi connectivity index (χ0) is 15.1. The largest absolute Gasteiger partial charge is 0.494 e. The van der Waals surface area contributed by atoms with Crippen molar-refractivity contribution in [1.29, 1.82) is 0 Å². The maximum absolute atomic E-state index is 5.98. The van der Waals surface area contributed by atoms with Gasteiger partial charge >= 0.3 is 0 Å². The second-order valence-electron chi connectivity index (χ2n) is 4.54. The Morgan fingerprint density at radius 2 is 1.71 bits per heavy atom. The SMILES string of the molecule is CCNCc1cc(Br)ccc1Oc1ccc(OCC)cc1. The van der Waals surface area contributed by atoms with E-state index in [4.69, 9.17) is 9.47 Å². The summed E-state index contributed by atoms with van der Waals surface area (Å²) in [5.41, 5.74) is 1.13. The van der Waals surface area contributed by atoms with Gasteiger partial charge in [-0.1, -0.05) is 22.9 Å². The topological polar surface area (TPSA) is 30.5 Å². The summed E-state index contributed by atoms with van der Waals surface area (Å²) in [6, 6.07) is 13.7.